The molecule has 2 aliphatic carbocycles. The highest BCUT2D eigenvalue weighted by Gasteiger charge is 2.31. The maximum atomic E-state index is 10.9. The molecule has 98 valence electrons. The molecule has 1 heterocycles. The number of aromatic nitrogens is 1. The van der Waals surface area contributed by atoms with Gasteiger partial charge in [0.05, 0.1) is 11.6 Å². The molecular weight excluding hydrogens is 230 g/mol. The summed E-state index contributed by atoms with van der Waals surface area (Å²) in [4.78, 5) is 10.9. The van der Waals surface area contributed by atoms with Crippen LogP contribution in [-0.2, 0) is 17.6 Å². The zero-order chi connectivity index (χ0) is 12.5. The van der Waals surface area contributed by atoms with E-state index in [4.69, 9.17) is 9.63 Å². The van der Waals surface area contributed by atoms with Gasteiger partial charge in [0.25, 0.3) is 0 Å². The van der Waals surface area contributed by atoms with Crippen LogP contribution in [0.15, 0.2) is 4.52 Å². The van der Waals surface area contributed by atoms with Crippen LogP contribution >= 0.6 is 0 Å². The van der Waals surface area contributed by atoms with Crippen molar-refractivity contribution < 1.29 is 14.4 Å². The van der Waals surface area contributed by atoms with Crippen molar-refractivity contribution in [1.29, 1.82) is 0 Å². The van der Waals surface area contributed by atoms with Gasteiger partial charge in [-0.2, -0.15) is 0 Å². The van der Waals surface area contributed by atoms with Crippen molar-refractivity contribution in [3.8, 4) is 0 Å². The van der Waals surface area contributed by atoms with Crippen molar-refractivity contribution >= 4 is 5.97 Å². The van der Waals surface area contributed by atoms with E-state index >= 15 is 0 Å². The summed E-state index contributed by atoms with van der Waals surface area (Å²) in [5, 5.41) is 13.2. The van der Waals surface area contributed by atoms with Crippen molar-refractivity contribution in [1.82, 2.24) is 5.16 Å². The topological polar surface area (TPSA) is 63.3 Å². The maximum absolute atomic E-state index is 10.9. The molecule has 1 aromatic heterocycles. The zero-order valence-electron chi connectivity index (χ0n) is 10.5. The quantitative estimate of drug-likeness (QED) is 0.875. The van der Waals surface area contributed by atoms with Gasteiger partial charge in [0.1, 0.15) is 5.76 Å². The molecule has 1 N–H and O–H groups in total. The molecule has 0 aromatic carbocycles. The molecule has 3 rings (SSSR count). The summed E-state index contributed by atoms with van der Waals surface area (Å²) in [7, 11) is 0. The van der Waals surface area contributed by atoms with E-state index in [0.717, 1.165) is 50.0 Å². The monoisotopic (exact) mass is 249 g/mol. The molecule has 0 atom stereocenters. The Morgan fingerprint density at radius 3 is 2.61 bits per heavy atom. The minimum absolute atomic E-state index is 0.153. The summed E-state index contributed by atoms with van der Waals surface area (Å²) in [6.07, 6.45) is 7.98. The molecule has 0 aliphatic heterocycles. The third kappa shape index (κ3) is 2.04. The molecular formula is C14H19NO3. The number of aliphatic carboxylic acids is 1. The van der Waals surface area contributed by atoms with E-state index < -0.39 is 5.97 Å². The Balaban J connectivity index is 1.73. The number of hydrogen-bond donors (Lipinski definition) is 1. The molecule has 1 saturated carbocycles. The number of hydrogen-bond acceptors (Lipinski definition) is 3. The number of carboxylic acid groups (broad SMARTS) is 1. The second-order valence-electron chi connectivity index (χ2n) is 5.57. The first-order chi connectivity index (χ1) is 8.75. The van der Waals surface area contributed by atoms with Crippen molar-refractivity contribution in [2.45, 2.75) is 57.3 Å². The molecule has 4 heteroatoms. The maximum Gasteiger partial charge on any atom is 0.306 e. The van der Waals surface area contributed by atoms with Gasteiger partial charge in [-0.25, -0.2) is 0 Å². The number of aryl methyl sites for hydroxylation is 1. The van der Waals surface area contributed by atoms with E-state index in [9.17, 15) is 4.79 Å². The molecule has 18 heavy (non-hydrogen) atoms. The third-order valence-corrected chi connectivity index (χ3v) is 4.44. The smallest absolute Gasteiger partial charge is 0.306 e. The van der Waals surface area contributed by atoms with Gasteiger partial charge in [0.2, 0.25) is 0 Å². The largest absolute Gasteiger partial charge is 0.481 e. The van der Waals surface area contributed by atoms with Gasteiger partial charge in [-0.1, -0.05) is 5.16 Å². The van der Waals surface area contributed by atoms with Crippen LogP contribution in [0.1, 0.15) is 61.5 Å². The molecule has 0 spiro atoms. The highest BCUT2D eigenvalue weighted by atomic mass is 16.5. The van der Waals surface area contributed by atoms with Crippen LogP contribution in [0.5, 0.6) is 0 Å². The summed E-state index contributed by atoms with van der Waals surface area (Å²) in [5.41, 5.74) is 2.48. The Kier molecular flexibility index (Phi) is 3.10. The normalized spacial score (nSPS) is 27.8. The molecule has 0 saturated heterocycles. The highest BCUT2D eigenvalue weighted by molar-refractivity contribution is 5.70. The highest BCUT2D eigenvalue weighted by Crippen LogP contribution is 2.39. The van der Waals surface area contributed by atoms with Crippen molar-refractivity contribution in [2.75, 3.05) is 0 Å². The zero-order valence-corrected chi connectivity index (χ0v) is 10.5. The standard InChI is InChI=1S/C14H19NO3/c16-14(17)10-7-5-9(6-8-10)13-11-3-1-2-4-12(11)15-18-13/h9-10H,1-8H2,(H,16,17)/t9-,10-. The molecule has 0 bridgehead atoms. The van der Waals surface area contributed by atoms with E-state index in [-0.39, 0.29) is 5.92 Å². The average molecular weight is 249 g/mol. The van der Waals surface area contributed by atoms with Crippen LogP contribution in [0.4, 0.5) is 0 Å². The van der Waals surface area contributed by atoms with Gasteiger partial charge >= 0.3 is 5.97 Å². The van der Waals surface area contributed by atoms with E-state index in [1.165, 1.54) is 18.4 Å². The predicted octanol–water partition coefficient (Wildman–Crippen LogP) is 2.91. The molecule has 2 aliphatic rings. The van der Waals surface area contributed by atoms with Gasteiger partial charge in [-0.05, 0) is 51.4 Å². The Hall–Kier alpha value is -1.32. The minimum atomic E-state index is -0.645. The van der Waals surface area contributed by atoms with E-state index in [2.05, 4.69) is 5.16 Å². The fourth-order valence-electron chi connectivity index (χ4n) is 3.34. The summed E-state index contributed by atoms with van der Waals surface area (Å²) in [6, 6.07) is 0. The number of fused-ring (bicyclic) bond motifs is 1. The number of rotatable bonds is 2. The van der Waals surface area contributed by atoms with Gasteiger partial charge in [-0.3, -0.25) is 4.79 Å². The first-order valence-corrected chi connectivity index (χ1v) is 6.96. The molecule has 0 amide bonds. The number of carbonyl (C=O) groups is 1. The Bertz CT molecular complexity index is 444. The fourth-order valence-corrected chi connectivity index (χ4v) is 3.34. The minimum Gasteiger partial charge on any atom is -0.481 e. The van der Waals surface area contributed by atoms with Crippen LogP contribution < -0.4 is 0 Å². The molecule has 0 radical (unpaired) electrons. The average Bonchev–Trinajstić information content (AvgIpc) is 2.82. The Morgan fingerprint density at radius 2 is 1.89 bits per heavy atom. The lowest BCUT2D eigenvalue weighted by Crippen LogP contribution is -2.21. The second kappa shape index (κ2) is 4.75. The lowest BCUT2D eigenvalue weighted by atomic mass is 9.79. The lowest BCUT2D eigenvalue weighted by molar-refractivity contribution is -0.142. The van der Waals surface area contributed by atoms with E-state index in [1.807, 2.05) is 0 Å². The fraction of sp³-hybridized carbons (Fsp3) is 0.714. The first-order valence-electron chi connectivity index (χ1n) is 6.96. The summed E-state index contributed by atoms with van der Waals surface area (Å²) in [5.74, 6) is 0.663. The van der Waals surface area contributed by atoms with Crippen LogP contribution in [0.25, 0.3) is 0 Å². The number of carboxylic acids is 1. The summed E-state index contributed by atoms with van der Waals surface area (Å²) < 4.78 is 5.56. The van der Waals surface area contributed by atoms with E-state index in [0.29, 0.717) is 5.92 Å². The molecule has 1 fully saturated rings. The number of nitrogens with zero attached hydrogens (tertiary/aromatic N) is 1. The van der Waals surface area contributed by atoms with Gasteiger partial charge in [-0.15, -0.1) is 0 Å². The Labute approximate surface area is 106 Å². The molecule has 0 unspecified atom stereocenters. The summed E-state index contributed by atoms with van der Waals surface area (Å²) in [6.45, 7) is 0. The molecule has 1 aromatic rings. The first kappa shape index (κ1) is 11.8. The summed E-state index contributed by atoms with van der Waals surface area (Å²) >= 11 is 0. The SMILES string of the molecule is O=C(O)[C@H]1CC[C@H](c2onc3c2CCCC3)CC1. The van der Waals surface area contributed by atoms with Crippen molar-refractivity contribution in [2.24, 2.45) is 5.92 Å². The van der Waals surface area contributed by atoms with Crippen LogP contribution in [0.2, 0.25) is 0 Å². The van der Waals surface area contributed by atoms with Crippen LogP contribution in [0.3, 0.4) is 0 Å². The van der Waals surface area contributed by atoms with Gasteiger partial charge < -0.3 is 9.63 Å². The predicted molar refractivity (Wildman–Crippen MR) is 65.5 cm³/mol. The Morgan fingerprint density at radius 1 is 1.17 bits per heavy atom. The second-order valence-corrected chi connectivity index (χ2v) is 5.57. The van der Waals surface area contributed by atoms with Gasteiger partial charge in [0, 0.05) is 11.5 Å². The van der Waals surface area contributed by atoms with Crippen LogP contribution in [-0.4, -0.2) is 16.2 Å². The molecule has 4 nitrogen and oxygen atoms in total. The lowest BCUT2D eigenvalue weighted by Gasteiger charge is -2.25. The third-order valence-electron chi connectivity index (χ3n) is 4.44. The van der Waals surface area contributed by atoms with Crippen molar-refractivity contribution in [3.63, 3.8) is 0 Å². The van der Waals surface area contributed by atoms with E-state index in [1.54, 1.807) is 0 Å². The van der Waals surface area contributed by atoms with Crippen molar-refractivity contribution in [3.05, 3.63) is 17.0 Å². The van der Waals surface area contributed by atoms with Crippen LogP contribution in [0, 0.1) is 5.92 Å². The van der Waals surface area contributed by atoms with Gasteiger partial charge in [0.15, 0.2) is 0 Å².